The van der Waals surface area contributed by atoms with Crippen LogP contribution in [-0.4, -0.2) is 29.8 Å². The van der Waals surface area contributed by atoms with Gasteiger partial charge in [0.25, 0.3) is 0 Å². The summed E-state index contributed by atoms with van der Waals surface area (Å²) >= 11 is 0. The van der Waals surface area contributed by atoms with E-state index in [2.05, 4.69) is 29.4 Å². The van der Waals surface area contributed by atoms with E-state index in [1.807, 2.05) is 39.8 Å². The third-order valence-electron chi connectivity index (χ3n) is 4.38. The van der Waals surface area contributed by atoms with E-state index in [1.54, 1.807) is 12.1 Å². The third-order valence-corrected chi connectivity index (χ3v) is 6.61. The number of sulfonamides is 1. The minimum absolute atomic E-state index is 0.112. The number of rotatable bonds is 9. The number of benzene rings is 1. The van der Waals surface area contributed by atoms with Gasteiger partial charge < -0.3 is 5.32 Å². The smallest absolute Gasteiger partial charge is 0.245 e. The van der Waals surface area contributed by atoms with Gasteiger partial charge in [-0.25, -0.2) is 13.4 Å². The van der Waals surface area contributed by atoms with Crippen molar-refractivity contribution in [3.8, 4) is 0 Å². The summed E-state index contributed by atoms with van der Waals surface area (Å²) in [7, 11) is -3.56. The molecule has 1 heterocycles. The van der Waals surface area contributed by atoms with Crippen LogP contribution >= 0.6 is 0 Å². The molecule has 0 radical (unpaired) electrons. The molecule has 1 aromatic heterocycles. The first-order valence-electron chi connectivity index (χ1n) is 9.61. The predicted molar refractivity (Wildman–Crippen MR) is 112 cm³/mol. The van der Waals surface area contributed by atoms with Gasteiger partial charge in [-0.05, 0) is 70.4 Å². The fourth-order valence-electron chi connectivity index (χ4n) is 3.16. The van der Waals surface area contributed by atoms with Crippen LogP contribution in [0.3, 0.4) is 0 Å². The SMILES string of the molecule is CCCCc1ccc(Nc2ccc(S(=O)(=O)N(C(C)C)C(C)C)cn2)cc1. The van der Waals surface area contributed by atoms with Crippen LogP contribution in [-0.2, 0) is 16.4 Å². The first kappa shape index (κ1) is 21.4. The molecule has 2 aromatic rings. The Morgan fingerprint density at radius 1 is 1.00 bits per heavy atom. The van der Waals surface area contributed by atoms with Crippen molar-refractivity contribution in [2.24, 2.45) is 0 Å². The summed E-state index contributed by atoms with van der Waals surface area (Å²) in [6.45, 7) is 9.71. The van der Waals surface area contributed by atoms with Crippen LogP contribution in [0, 0.1) is 0 Å². The van der Waals surface area contributed by atoms with Gasteiger partial charge in [0.2, 0.25) is 10.0 Å². The van der Waals surface area contributed by atoms with Gasteiger partial charge in [-0.15, -0.1) is 0 Å². The van der Waals surface area contributed by atoms with Crippen molar-refractivity contribution in [1.29, 1.82) is 0 Å². The first-order valence-corrected chi connectivity index (χ1v) is 11.0. The zero-order valence-corrected chi connectivity index (χ0v) is 17.8. The molecule has 148 valence electrons. The number of nitrogens with zero attached hydrogens (tertiary/aromatic N) is 2. The van der Waals surface area contributed by atoms with E-state index in [0.29, 0.717) is 5.82 Å². The molecule has 0 saturated heterocycles. The van der Waals surface area contributed by atoms with Crippen molar-refractivity contribution < 1.29 is 8.42 Å². The average molecular weight is 390 g/mol. The summed E-state index contributed by atoms with van der Waals surface area (Å²) in [5, 5.41) is 3.22. The average Bonchev–Trinajstić information content (AvgIpc) is 2.60. The fourth-order valence-corrected chi connectivity index (χ4v) is 4.94. The van der Waals surface area contributed by atoms with Crippen molar-refractivity contribution in [3.05, 3.63) is 48.2 Å². The molecule has 0 aliphatic heterocycles. The molecule has 2 rings (SSSR count). The number of nitrogens with one attached hydrogen (secondary N) is 1. The standard InChI is InChI=1S/C21H31N3O2S/c1-6-7-8-18-9-11-19(12-10-18)23-21-14-13-20(15-22-21)27(25,26)24(16(2)3)17(4)5/h9-17H,6-8H2,1-5H3,(H,22,23). The van der Waals surface area contributed by atoms with Gasteiger partial charge in [-0.2, -0.15) is 4.31 Å². The Labute approximate surface area is 163 Å². The van der Waals surface area contributed by atoms with E-state index >= 15 is 0 Å². The molecule has 0 spiro atoms. The number of pyridine rings is 1. The molecule has 27 heavy (non-hydrogen) atoms. The van der Waals surface area contributed by atoms with Crippen molar-refractivity contribution in [2.75, 3.05) is 5.32 Å². The number of hydrogen-bond acceptors (Lipinski definition) is 4. The molecule has 0 saturated carbocycles. The molecular weight excluding hydrogens is 358 g/mol. The lowest BCUT2D eigenvalue weighted by Gasteiger charge is -2.29. The zero-order valence-electron chi connectivity index (χ0n) is 16.9. The molecule has 0 bridgehead atoms. The predicted octanol–water partition coefficient (Wildman–Crippen LogP) is 4.98. The summed E-state index contributed by atoms with van der Waals surface area (Å²) in [4.78, 5) is 4.51. The Bertz CT molecular complexity index is 806. The summed E-state index contributed by atoms with van der Waals surface area (Å²) in [5.41, 5.74) is 2.25. The lowest BCUT2D eigenvalue weighted by atomic mass is 10.1. The molecule has 0 fully saturated rings. The molecule has 1 aromatic carbocycles. The topological polar surface area (TPSA) is 62.3 Å². The van der Waals surface area contributed by atoms with Crippen LogP contribution in [0.1, 0.15) is 53.0 Å². The van der Waals surface area contributed by atoms with Crippen molar-refractivity contribution in [3.63, 3.8) is 0 Å². The fraction of sp³-hybridized carbons (Fsp3) is 0.476. The van der Waals surface area contributed by atoms with Crippen LogP contribution in [0.2, 0.25) is 0 Å². The minimum Gasteiger partial charge on any atom is -0.340 e. The van der Waals surface area contributed by atoms with Gasteiger partial charge in [0.05, 0.1) is 0 Å². The van der Waals surface area contributed by atoms with Gasteiger partial charge in [0.15, 0.2) is 0 Å². The maximum atomic E-state index is 12.9. The summed E-state index contributed by atoms with van der Waals surface area (Å²) in [6, 6.07) is 11.4. The lowest BCUT2D eigenvalue weighted by molar-refractivity contribution is 0.302. The summed E-state index contributed by atoms with van der Waals surface area (Å²) in [6.07, 6.45) is 4.88. The summed E-state index contributed by atoms with van der Waals surface area (Å²) in [5.74, 6) is 0.621. The molecular formula is C21H31N3O2S. The highest BCUT2D eigenvalue weighted by atomic mass is 32.2. The number of hydrogen-bond donors (Lipinski definition) is 1. The van der Waals surface area contributed by atoms with Crippen LogP contribution < -0.4 is 5.32 Å². The van der Waals surface area contributed by atoms with Gasteiger partial charge in [-0.1, -0.05) is 25.5 Å². The highest BCUT2D eigenvalue weighted by Gasteiger charge is 2.29. The number of anilines is 2. The van der Waals surface area contributed by atoms with E-state index in [0.717, 1.165) is 12.1 Å². The van der Waals surface area contributed by atoms with E-state index < -0.39 is 10.0 Å². The maximum Gasteiger partial charge on any atom is 0.245 e. The molecule has 0 aliphatic rings. The van der Waals surface area contributed by atoms with Crippen LogP contribution in [0.15, 0.2) is 47.5 Å². The van der Waals surface area contributed by atoms with E-state index in [4.69, 9.17) is 0 Å². The lowest BCUT2D eigenvalue weighted by Crippen LogP contribution is -2.41. The van der Waals surface area contributed by atoms with Gasteiger partial charge in [0, 0.05) is 24.0 Å². The number of aryl methyl sites for hydroxylation is 1. The second-order valence-electron chi connectivity index (χ2n) is 7.33. The number of unbranched alkanes of at least 4 members (excludes halogenated alkanes) is 1. The minimum atomic E-state index is -3.56. The third kappa shape index (κ3) is 5.53. The largest absolute Gasteiger partial charge is 0.340 e. The second kappa shape index (κ2) is 9.33. The Morgan fingerprint density at radius 3 is 2.11 bits per heavy atom. The quantitative estimate of drug-likeness (QED) is 0.657. The Hall–Kier alpha value is -1.92. The van der Waals surface area contributed by atoms with Gasteiger partial charge >= 0.3 is 0 Å². The van der Waals surface area contributed by atoms with Crippen LogP contribution in [0.25, 0.3) is 0 Å². The van der Waals surface area contributed by atoms with Crippen LogP contribution in [0.4, 0.5) is 11.5 Å². The maximum absolute atomic E-state index is 12.9. The van der Waals surface area contributed by atoms with Gasteiger partial charge in [-0.3, -0.25) is 0 Å². The molecule has 0 amide bonds. The first-order chi connectivity index (χ1) is 12.8. The number of aromatic nitrogens is 1. The van der Waals surface area contributed by atoms with E-state index in [1.165, 1.54) is 28.9 Å². The van der Waals surface area contributed by atoms with Gasteiger partial charge in [0.1, 0.15) is 10.7 Å². The normalized spacial score (nSPS) is 12.1. The zero-order chi connectivity index (χ0) is 20.0. The molecule has 0 aliphatic carbocycles. The Balaban J connectivity index is 2.13. The molecule has 0 unspecified atom stereocenters. The summed E-state index contributed by atoms with van der Waals surface area (Å²) < 4.78 is 27.3. The van der Waals surface area contributed by atoms with Crippen molar-refractivity contribution in [2.45, 2.75) is 70.9 Å². The highest BCUT2D eigenvalue weighted by Crippen LogP contribution is 2.22. The van der Waals surface area contributed by atoms with Crippen molar-refractivity contribution >= 4 is 21.5 Å². The monoisotopic (exact) mass is 389 g/mol. The van der Waals surface area contributed by atoms with Crippen molar-refractivity contribution in [1.82, 2.24) is 9.29 Å². The molecule has 0 atom stereocenters. The Kier molecular flexibility index (Phi) is 7.39. The van der Waals surface area contributed by atoms with Crippen LogP contribution in [0.5, 0.6) is 0 Å². The van der Waals surface area contributed by atoms with E-state index in [-0.39, 0.29) is 17.0 Å². The second-order valence-corrected chi connectivity index (χ2v) is 9.17. The molecule has 5 nitrogen and oxygen atoms in total. The van der Waals surface area contributed by atoms with E-state index in [9.17, 15) is 8.42 Å². The molecule has 6 heteroatoms. The molecule has 1 N–H and O–H groups in total. The highest BCUT2D eigenvalue weighted by molar-refractivity contribution is 7.89. The Morgan fingerprint density at radius 2 is 1.63 bits per heavy atom.